The van der Waals surface area contributed by atoms with Crippen LogP contribution in [-0.2, 0) is 35.2 Å². The Morgan fingerprint density at radius 2 is 0.707 bits per heavy atom. The van der Waals surface area contributed by atoms with Crippen LogP contribution in [0.2, 0.25) is 0 Å². The van der Waals surface area contributed by atoms with Crippen molar-refractivity contribution in [3.63, 3.8) is 0 Å². The van der Waals surface area contributed by atoms with Crippen molar-refractivity contribution < 1.29 is 78.7 Å². The van der Waals surface area contributed by atoms with E-state index in [4.69, 9.17) is 14.6 Å². The van der Waals surface area contributed by atoms with Crippen molar-refractivity contribution in [3.05, 3.63) is 176 Å². The van der Waals surface area contributed by atoms with Crippen molar-refractivity contribution in [1.29, 1.82) is 0 Å². The normalized spacial score (nSPS) is 17.9. The first kappa shape index (κ1) is 42.9. The first-order chi connectivity index (χ1) is 27.4. The third-order valence-corrected chi connectivity index (χ3v) is 8.98. The number of hydrogen-bond acceptors (Lipinski definition) is 7. The molecule has 0 saturated heterocycles. The Morgan fingerprint density at radius 3 is 0.983 bits per heavy atom. The minimum Gasteiger partial charge on any atom is -0.478 e. The average Bonchev–Trinajstić information content (AvgIpc) is 3.18. The number of esters is 2. The number of aromatic carboxylic acids is 1. The summed E-state index contributed by atoms with van der Waals surface area (Å²) < 4.78 is 128. The third-order valence-electron chi connectivity index (χ3n) is 8.98. The number of carboxylic acid groups (broad SMARTS) is 1. The van der Waals surface area contributed by atoms with Gasteiger partial charge in [0.1, 0.15) is 12.2 Å². The molecule has 0 saturated carbocycles. The van der Waals surface area contributed by atoms with Gasteiger partial charge in [0.05, 0.1) is 28.9 Å². The topological polar surface area (TPSA) is 130 Å². The number of benzene rings is 5. The lowest BCUT2D eigenvalue weighted by Crippen LogP contribution is -2.41. The zero-order valence-corrected chi connectivity index (χ0v) is 29.5. The number of halogens is 9. The molecule has 0 bridgehead atoms. The number of ether oxygens (including phenoxy) is 2. The van der Waals surface area contributed by atoms with Gasteiger partial charge in [-0.15, -0.1) is 0 Å². The fourth-order valence-corrected chi connectivity index (χ4v) is 6.00. The molecule has 0 spiro atoms. The number of carboxylic acids is 1. The van der Waals surface area contributed by atoms with Crippen LogP contribution in [0.4, 0.5) is 39.5 Å². The fraction of sp³-hybridized carbons (Fsp3) is 0.195. The van der Waals surface area contributed by atoms with Gasteiger partial charge in [-0.1, -0.05) is 48.5 Å². The van der Waals surface area contributed by atoms with Crippen molar-refractivity contribution in [1.82, 2.24) is 0 Å². The van der Waals surface area contributed by atoms with Crippen LogP contribution >= 0.6 is 0 Å². The van der Waals surface area contributed by atoms with Crippen LogP contribution in [0.3, 0.4) is 0 Å². The summed E-state index contributed by atoms with van der Waals surface area (Å²) in [4.78, 5) is 35.2. The Kier molecular flexibility index (Phi) is 13.6. The SMILES string of the molecule is O=C(O)c1cc(F)c(F)c(F)c1.O=C(O[C@H]1Cc2ccccc2C[C@H]1OC(=O)c1cc(F)c(F)c(F)c1)c1cc(F)c(F)c(F)c1.O[C@@H]1Cc2ccccc2C[C@@H]1O. The molecule has 304 valence electrons. The van der Waals surface area contributed by atoms with Crippen LogP contribution < -0.4 is 0 Å². The Morgan fingerprint density at radius 1 is 0.448 bits per heavy atom. The van der Waals surface area contributed by atoms with Crippen LogP contribution in [-0.4, -0.2) is 57.6 Å². The van der Waals surface area contributed by atoms with E-state index in [9.17, 15) is 64.1 Å². The number of fused-ring (bicyclic) bond motifs is 2. The molecular weight excluding hydrogens is 791 g/mol. The molecule has 17 heteroatoms. The second-order valence-corrected chi connectivity index (χ2v) is 12.9. The van der Waals surface area contributed by atoms with Crippen LogP contribution in [0, 0.1) is 52.4 Å². The molecule has 5 aromatic rings. The number of aliphatic hydroxyl groups is 2. The summed E-state index contributed by atoms with van der Waals surface area (Å²) >= 11 is 0. The molecule has 0 unspecified atom stereocenters. The van der Waals surface area contributed by atoms with Crippen LogP contribution in [0.1, 0.15) is 53.3 Å². The molecule has 4 atom stereocenters. The van der Waals surface area contributed by atoms with E-state index in [1.165, 1.54) is 0 Å². The van der Waals surface area contributed by atoms with Gasteiger partial charge in [0, 0.05) is 25.7 Å². The highest BCUT2D eigenvalue weighted by Crippen LogP contribution is 2.28. The van der Waals surface area contributed by atoms with E-state index in [1.54, 1.807) is 24.3 Å². The standard InChI is InChI=1S/C24H14F6O4.C10H12O2.C7H3F3O2/c25-15-5-13(6-16(26)21(15)29)23(31)33-19-9-11-3-1-2-4-12(11)10-20(19)34-24(32)14-7-17(27)22(30)18(28)8-14;11-9-5-7-3-1-2-4-8(7)6-10(9)12;8-4-1-3(7(11)12)2-5(9)6(4)10/h1-8,19-20H,9-10H2;1-4,9-12H,5-6H2;1-2H,(H,11,12)/t19-,20+;9-,10+;. The highest BCUT2D eigenvalue weighted by molar-refractivity contribution is 5.90. The largest absolute Gasteiger partial charge is 0.478 e. The maximum Gasteiger partial charge on any atom is 0.338 e. The summed E-state index contributed by atoms with van der Waals surface area (Å²) in [5, 5.41) is 27.0. The highest BCUT2D eigenvalue weighted by atomic mass is 19.2. The van der Waals surface area contributed by atoms with Gasteiger partial charge in [0.15, 0.2) is 52.4 Å². The molecule has 3 N–H and O–H groups in total. The zero-order chi connectivity index (χ0) is 42.4. The number of carbonyl (C=O) groups is 3. The molecular formula is C41H29F9O8. The maximum atomic E-state index is 13.5. The Hall–Kier alpha value is -6.20. The van der Waals surface area contributed by atoms with Gasteiger partial charge in [-0.3, -0.25) is 0 Å². The molecule has 58 heavy (non-hydrogen) atoms. The first-order valence-electron chi connectivity index (χ1n) is 17.0. The quantitative estimate of drug-likeness (QED) is 0.0953. The van der Waals surface area contributed by atoms with Gasteiger partial charge in [-0.25, -0.2) is 53.9 Å². The predicted octanol–water partition coefficient (Wildman–Crippen LogP) is 7.38. The zero-order valence-electron chi connectivity index (χ0n) is 29.5. The molecule has 0 radical (unpaired) electrons. The van der Waals surface area contributed by atoms with Gasteiger partial charge in [-0.2, -0.15) is 0 Å². The van der Waals surface area contributed by atoms with Crippen LogP contribution in [0.25, 0.3) is 0 Å². The molecule has 7 rings (SSSR count). The Labute approximate surface area is 322 Å². The predicted molar refractivity (Wildman–Crippen MR) is 184 cm³/mol. The molecule has 2 aliphatic carbocycles. The summed E-state index contributed by atoms with van der Waals surface area (Å²) in [6, 6.07) is 17.5. The van der Waals surface area contributed by atoms with Crippen molar-refractivity contribution in [3.8, 4) is 0 Å². The van der Waals surface area contributed by atoms with Crippen molar-refractivity contribution in [2.45, 2.75) is 50.1 Å². The van der Waals surface area contributed by atoms with E-state index in [0.29, 0.717) is 49.2 Å². The van der Waals surface area contributed by atoms with Crippen LogP contribution in [0.15, 0.2) is 84.9 Å². The van der Waals surface area contributed by atoms with Crippen molar-refractivity contribution >= 4 is 17.9 Å². The molecule has 5 aromatic carbocycles. The number of rotatable bonds is 5. The van der Waals surface area contributed by atoms with Gasteiger partial charge >= 0.3 is 17.9 Å². The monoisotopic (exact) mass is 820 g/mol. The average molecular weight is 821 g/mol. The van der Waals surface area contributed by atoms with E-state index in [0.717, 1.165) is 22.3 Å². The van der Waals surface area contributed by atoms with Gasteiger partial charge in [0.2, 0.25) is 0 Å². The molecule has 0 amide bonds. The van der Waals surface area contributed by atoms with Gasteiger partial charge in [-0.05, 0) is 58.7 Å². The summed E-state index contributed by atoms with van der Waals surface area (Å²) in [7, 11) is 0. The lowest BCUT2D eigenvalue weighted by atomic mass is 9.87. The third kappa shape index (κ3) is 10.2. The van der Waals surface area contributed by atoms with E-state index in [2.05, 4.69) is 0 Å². The number of carbonyl (C=O) groups excluding carboxylic acids is 2. The fourth-order valence-electron chi connectivity index (χ4n) is 6.00. The Balaban J connectivity index is 0.000000215. The Bertz CT molecular complexity index is 2160. The minimum atomic E-state index is -1.76. The molecule has 0 aromatic heterocycles. The van der Waals surface area contributed by atoms with Crippen molar-refractivity contribution in [2.24, 2.45) is 0 Å². The summed E-state index contributed by atoms with van der Waals surface area (Å²) in [5.41, 5.74) is 1.97. The summed E-state index contributed by atoms with van der Waals surface area (Å²) in [5.74, 6) is -18.5. The number of aliphatic hydroxyl groups excluding tert-OH is 2. The maximum absolute atomic E-state index is 13.5. The highest BCUT2D eigenvalue weighted by Gasteiger charge is 2.35. The van der Waals surface area contributed by atoms with Gasteiger partial charge < -0.3 is 24.8 Å². The van der Waals surface area contributed by atoms with Crippen molar-refractivity contribution in [2.75, 3.05) is 0 Å². The molecule has 2 aliphatic rings. The lowest BCUT2D eigenvalue weighted by Gasteiger charge is -2.32. The molecule has 8 nitrogen and oxygen atoms in total. The van der Waals surface area contributed by atoms with E-state index in [-0.39, 0.29) is 12.8 Å². The smallest absolute Gasteiger partial charge is 0.338 e. The van der Waals surface area contributed by atoms with E-state index in [1.807, 2.05) is 24.3 Å². The van der Waals surface area contributed by atoms with E-state index < -0.39 is 111 Å². The number of hydrogen-bond donors (Lipinski definition) is 3. The molecule has 0 fully saturated rings. The first-order valence-corrected chi connectivity index (χ1v) is 17.0. The summed E-state index contributed by atoms with van der Waals surface area (Å²) in [6.07, 6.45) is -2.24. The summed E-state index contributed by atoms with van der Waals surface area (Å²) in [6.45, 7) is 0. The van der Waals surface area contributed by atoms with E-state index >= 15 is 0 Å². The molecule has 0 aliphatic heterocycles. The second-order valence-electron chi connectivity index (χ2n) is 12.9. The lowest BCUT2D eigenvalue weighted by molar-refractivity contribution is -0.0390. The molecule has 0 heterocycles. The second kappa shape index (κ2) is 18.4. The minimum absolute atomic E-state index is 0.0398. The van der Waals surface area contributed by atoms with Gasteiger partial charge in [0.25, 0.3) is 0 Å². The van der Waals surface area contributed by atoms with Crippen LogP contribution in [0.5, 0.6) is 0 Å².